The SMILES string of the molecule is Cc1cc(CN)cc(C)c1NC(=O)c1cc2c(cc1-c1ccc(C(=O)NCC(=O)O)nc1C(=O)O)OCCc1ccsc1-2. The predicted octanol–water partition coefficient (Wildman–Crippen LogP) is 4.25. The smallest absolute Gasteiger partial charge is 0.355 e. The average Bonchev–Trinajstić information content (AvgIpc) is 3.38. The molecule has 220 valence electrons. The van der Waals surface area contributed by atoms with E-state index in [-0.39, 0.29) is 22.4 Å². The van der Waals surface area contributed by atoms with Crippen LogP contribution >= 0.6 is 11.3 Å². The molecule has 2 aromatic carbocycles. The molecule has 6 N–H and O–H groups in total. The van der Waals surface area contributed by atoms with Crippen LogP contribution in [0, 0.1) is 13.8 Å². The van der Waals surface area contributed by atoms with E-state index in [9.17, 15) is 24.3 Å². The number of rotatable bonds is 8. The zero-order valence-corrected chi connectivity index (χ0v) is 24.1. The van der Waals surface area contributed by atoms with Crippen LogP contribution in [0.5, 0.6) is 5.75 Å². The lowest BCUT2D eigenvalue weighted by Crippen LogP contribution is -2.30. The summed E-state index contributed by atoms with van der Waals surface area (Å²) in [4.78, 5) is 54.8. The number of thiophene rings is 1. The maximum atomic E-state index is 14.0. The number of anilines is 1. The Morgan fingerprint density at radius 2 is 1.72 bits per heavy atom. The molecule has 0 aliphatic carbocycles. The number of hydrogen-bond acceptors (Lipinski definition) is 8. The molecule has 0 atom stereocenters. The molecule has 2 amide bonds. The summed E-state index contributed by atoms with van der Waals surface area (Å²) in [5.74, 6) is -3.55. The third-order valence-electron chi connectivity index (χ3n) is 7.07. The number of carboxylic acid groups (broad SMARTS) is 2. The fraction of sp³-hybridized carbons (Fsp3) is 0.194. The first kappa shape index (κ1) is 29.4. The molecule has 0 unspecified atom stereocenters. The van der Waals surface area contributed by atoms with E-state index in [1.54, 1.807) is 12.1 Å². The van der Waals surface area contributed by atoms with Gasteiger partial charge in [0.15, 0.2) is 5.69 Å². The third kappa shape index (κ3) is 5.96. The molecule has 0 fully saturated rings. The molecule has 1 aliphatic rings. The molecule has 12 heteroatoms. The van der Waals surface area contributed by atoms with Gasteiger partial charge in [-0.25, -0.2) is 9.78 Å². The molecule has 4 aromatic rings. The van der Waals surface area contributed by atoms with Crippen LogP contribution in [-0.4, -0.2) is 52.1 Å². The van der Waals surface area contributed by atoms with Crippen LogP contribution in [0.15, 0.2) is 47.8 Å². The lowest BCUT2D eigenvalue weighted by Gasteiger charge is -2.18. The van der Waals surface area contributed by atoms with Crippen molar-refractivity contribution in [2.45, 2.75) is 26.8 Å². The van der Waals surface area contributed by atoms with E-state index in [2.05, 4.69) is 15.6 Å². The van der Waals surface area contributed by atoms with Gasteiger partial charge in [0, 0.05) is 45.8 Å². The fourth-order valence-electron chi connectivity index (χ4n) is 5.09. The Kier molecular flexibility index (Phi) is 8.24. The number of hydrogen-bond donors (Lipinski definition) is 5. The number of pyridine rings is 1. The Bertz CT molecular complexity index is 1770. The van der Waals surface area contributed by atoms with Gasteiger partial charge in [-0.05, 0) is 71.8 Å². The number of fused-ring (bicyclic) bond motifs is 3. The van der Waals surface area contributed by atoms with Crippen LogP contribution in [-0.2, 0) is 17.8 Å². The van der Waals surface area contributed by atoms with E-state index >= 15 is 0 Å². The van der Waals surface area contributed by atoms with Gasteiger partial charge >= 0.3 is 11.9 Å². The summed E-state index contributed by atoms with van der Waals surface area (Å²) in [5.41, 5.74) is 10.5. The van der Waals surface area contributed by atoms with Crippen molar-refractivity contribution in [3.8, 4) is 27.3 Å². The van der Waals surface area contributed by atoms with Crippen LogP contribution in [0.2, 0.25) is 0 Å². The second kappa shape index (κ2) is 12.0. The predicted molar refractivity (Wildman–Crippen MR) is 161 cm³/mol. The molecular formula is C31H28N4O7S. The van der Waals surface area contributed by atoms with Gasteiger partial charge in [0.1, 0.15) is 18.0 Å². The third-order valence-corrected chi connectivity index (χ3v) is 8.06. The average molecular weight is 601 g/mol. The highest BCUT2D eigenvalue weighted by molar-refractivity contribution is 7.13. The topological polar surface area (TPSA) is 181 Å². The van der Waals surface area contributed by atoms with E-state index in [1.807, 2.05) is 37.4 Å². The quantitative estimate of drug-likeness (QED) is 0.197. The van der Waals surface area contributed by atoms with Gasteiger partial charge < -0.3 is 31.3 Å². The van der Waals surface area contributed by atoms with Gasteiger partial charge in [-0.2, -0.15) is 0 Å². The number of nitrogens with two attached hydrogens (primary N) is 1. The Morgan fingerprint density at radius 3 is 2.40 bits per heavy atom. The lowest BCUT2D eigenvalue weighted by molar-refractivity contribution is -0.135. The monoisotopic (exact) mass is 600 g/mol. The molecule has 1 aliphatic heterocycles. The number of carbonyl (C=O) groups is 4. The first-order chi connectivity index (χ1) is 20.6. The molecule has 2 aromatic heterocycles. The number of carbonyl (C=O) groups excluding carboxylic acids is 2. The number of benzene rings is 2. The maximum Gasteiger partial charge on any atom is 0.355 e. The number of aromatic nitrogens is 1. The van der Waals surface area contributed by atoms with Crippen molar-refractivity contribution >= 4 is 40.8 Å². The number of carboxylic acids is 2. The summed E-state index contributed by atoms with van der Waals surface area (Å²) >= 11 is 1.52. The van der Waals surface area contributed by atoms with Crippen molar-refractivity contribution in [2.75, 3.05) is 18.5 Å². The largest absolute Gasteiger partial charge is 0.493 e. The van der Waals surface area contributed by atoms with E-state index in [4.69, 9.17) is 15.6 Å². The highest BCUT2D eigenvalue weighted by Crippen LogP contribution is 2.43. The van der Waals surface area contributed by atoms with Crippen LogP contribution < -0.4 is 21.1 Å². The van der Waals surface area contributed by atoms with Gasteiger partial charge in [0.2, 0.25) is 0 Å². The molecule has 11 nitrogen and oxygen atoms in total. The summed E-state index contributed by atoms with van der Waals surface area (Å²) in [5, 5.41) is 26.1. The molecule has 0 bridgehead atoms. The summed E-state index contributed by atoms with van der Waals surface area (Å²) in [6.45, 7) is 3.81. The number of aliphatic carboxylic acids is 1. The van der Waals surface area contributed by atoms with Crippen LogP contribution in [0.25, 0.3) is 21.6 Å². The zero-order chi connectivity index (χ0) is 30.8. The first-order valence-electron chi connectivity index (χ1n) is 13.3. The Balaban J connectivity index is 1.67. The Hall–Kier alpha value is -5.07. The molecular weight excluding hydrogens is 572 g/mol. The standard InChI is InChI=1S/C31H28N4O7S/c1-15-9-17(13-32)10-16(2)26(15)35-29(38)21-11-22-24(42-7-5-18-6-8-43-28(18)22)12-20(21)19-3-4-23(34-27(19)31(40)41)30(39)33-14-25(36)37/h3-4,6,8-12H,5,7,13-14,32H2,1-2H3,(H,33,39)(H,35,38)(H,36,37)(H,40,41). The van der Waals surface area contributed by atoms with Crippen molar-refractivity contribution in [3.63, 3.8) is 0 Å². The normalized spacial score (nSPS) is 11.9. The Labute approximate surface area is 250 Å². The van der Waals surface area contributed by atoms with Crippen LogP contribution in [0.4, 0.5) is 5.69 Å². The molecule has 0 radical (unpaired) electrons. The minimum absolute atomic E-state index is 0.0846. The molecule has 43 heavy (non-hydrogen) atoms. The number of amides is 2. The highest BCUT2D eigenvalue weighted by Gasteiger charge is 2.27. The van der Waals surface area contributed by atoms with Crippen molar-refractivity contribution < 1.29 is 34.1 Å². The van der Waals surface area contributed by atoms with Gasteiger partial charge in [0.25, 0.3) is 11.8 Å². The van der Waals surface area contributed by atoms with Gasteiger partial charge in [0.05, 0.1) is 6.61 Å². The number of nitrogens with zero attached hydrogens (tertiary/aromatic N) is 1. The number of aryl methyl sites for hydroxylation is 2. The summed E-state index contributed by atoms with van der Waals surface area (Å²) in [6, 6.07) is 11.8. The zero-order valence-electron chi connectivity index (χ0n) is 23.3. The molecule has 0 spiro atoms. The lowest BCUT2D eigenvalue weighted by atomic mass is 9.93. The molecule has 3 heterocycles. The minimum atomic E-state index is -1.44. The van der Waals surface area contributed by atoms with E-state index < -0.39 is 36.0 Å². The summed E-state index contributed by atoms with van der Waals surface area (Å²) < 4.78 is 6.06. The van der Waals surface area contributed by atoms with E-state index in [1.165, 1.54) is 23.5 Å². The molecule has 0 saturated heterocycles. The highest BCUT2D eigenvalue weighted by atomic mass is 32.1. The minimum Gasteiger partial charge on any atom is -0.493 e. The van der Waals surface area contributed by atoms with Crippen molar-refractivity contribution in [2.24, 2.45) is 5.73 Å². The summed E-state index contributed by atoms with van der Waals surface area (Å²) in [7, 11) is 0. The van der Waals surface area contributed by atoms with Crippen molar-refractivity contribution in [3.05, 3.63) is 87.0 Å². The number of ether oxygens (including phenoxy) is 1. The number of nitrogens with one attached hydrogen (secondary N) is 2. The maximum absolute atomic E-state index is 14.0. The van der Waals surface area contributed by atoms with E-state index in [0.29, 0.717) is 36.6 Å². The fourth-order valence-corrected chi connectivity index (χ4v) is 6.07. The van der Waals surface area contributed by atoms with Crippen molar-refractivity contribution in [1.29, 1.82) is 0 Å². The first-order valence-corrected chi connectivity index (χ1v) is 14.2. The second-order valence-electron chi connectivity index (χ2n) is 10.0. The number of aromatic carboxylic acids is 1. The van der Waals surface area contributed by atoms with Crippen LogP contribution in [0.1, 0.15) is 53.6 Å². The molecule has 5 rings (SSSR count). The van der Waals surface area contributed by atoms with Gasteiger partial charge in [-0.3, -0.25) is 14.4 Å². The van der Waals surface area contributed by atoms with Gasteiger partial charge in [-0.1, -0.05) is 12.1 Å². The summed E-state index contributed by atoms with van der Waals surface area (Å²) in [6.07, 6.45) is 0.665. The second-order valence-corrected chi connectivity index (χ2v) is 10.9. The molecule has 0 saturated carbocycles. The Morgan fingerprint density at radius 1 is 0.977 bits per heavy atom. The van der Waals surface area contributed by atoms with Crippen LogP contribution in [0.3, 0.4) is 0 Å². The van der Waals surface area contributed by atoms with Crippen molar-refractivity contribution in [1.82, 2.24) is 10.3 Å². The van der Waals surface area contributed by atoms with E-state index in [0.717, 1.165) is 27.1 Å². The van der Waals surface area contributed by atoms with Gasteiger partial charge in [-0.15, -0.1) is 11.3 Å².